The van der Waals surface area contributed by atoms with Gasteiger partial charge in [0, 0.05) is 5.54 Å². The maximum Gasteiger partial charge on any atom is 0.327 e. The second-order valence-corrected chi connectivity index (χ2v) is 8.42. The van der Waals surface area contributed by atoms with E-state index in [1.165, 1.54) is 0 Å². The van der Waals surface area contributed by atoms with Crippen LogP contribution in [0, 0.1) is 6.92 Å². The quantitative estimate of drug-likeness (QED) is 0.774. The van der Waals surface area contributed by atoms with Crippen LogP contribution in [0.2, 0.25) is 0 Å². The van der Waals surface area contributed by atoms with Crippen LogP contribution < -0.4 is 9.62 Å². The number of esters is 1. The predicted molar refractivity (Wildman–Crippen MR) is 92.2 cm³/mol. The van der Waals surface area contributed by atoms with Crippen LogP contribution in [0.4, 0.5) is 5.69 Å². The third-order valence-electron chi connectivity index (χ3n) is 2.94. The lowest BCUT2D eigenvalue weighted by molar-refractivity contribution is -0.147. The second-order valence-electron chi connectivity index (χ2n) is 6.51. The summed E-state index contributed by atoms with van der Waals surface area (Å²) >= 11 is 0. The number of hydrogen-bond acceptors (Lipinski definition) is 5. The molecule has 0 unspecified atom stereocenters. The summed E-state index contributed by atoms with van der Waals surface area (Å²) in [6, 6.07) is 6.81. The number of carbonyl (C=O) groups excluding carboxylic acids is 2. The molecule has 1 N–H and O–H groups in total. The van der Waals surface area contributed by atoms with Crippen molar-refractivity contribution >= 4 is 27.6 Å². The first-order valence-electron chi connectivity index (χ1n) is 7.40. The summed E-state index contributed by atoms with van der Waals surface area (Å²) in [5.74, 6) is -1.25. The van der Waals surface area contributed by atoms with Gasteiger partial charge in [-0.15, -0.1) is 0 Å². The Kier molecular flexibility index (Phi) is 6.36. The van der Waals surface area contributed by atoms with Gasteiger partial charge in [0.1, 0.15) is 6.54 Å². The number of hydrogen-bond donors (Lipinski definition) is 1. The molecule has 0 aliphatic heterocycles. The highest BCUT2D eigenvalue weighted by atomic mass is 32.2. The Morgan fingerprint density at radius 3 is 2.29 bits per heavy atom. The van der Waals surface area contributed by atoms with Crippen molar-refractivity contribution in [2.75, 3.05) is 23.7 Å². The van der Waals surface area contributed by atoms with Crippen molar-refractivity contribution in [3.8, 4) is 0 Å². The monoisotopic (exact) mass is 356 g/mol. The molecule has 0 saturated carbocycles. The molecule has 0 heterocycles. The normalized spacial score (nSPS) is 11.7. The number of rotatable bonds is 6. The van der Waals surface area contributed by atoms with Gasteiger partial charge in [0.2, 0.25) is 10.0 Å². The van der Waals surface area contributed by atoms with Crippen molar-refractivity contribution in [2.24, 2.45) is 0 Å². The molecule has 0 fully saturated rings. The summed E-state index contributed by atoms with van der Waals surface area (Å²) < 4.78 is 29.8. The van der Waals surface area contributed by atoms with Gasteiger partial charge >= 0.3 is 5.97 Å². The first-order chi connectivity index (χ1) is 10.9. The molecular weight excluding hydrogens is 332 g/mol. The predicted octanol–water partition coefficient (Wildman–Crippen LogP) is 1.22. The third-order valence-corrected chi connectivity index (χ3v) is 4.06. The largest absolute Gasteiger partial charge is 0.454 e. The molecule has 0 bridgehead atoms. The number of carbonyl (C=O) groups is 2. The number of nitrogens with zero attached hydrogens (tertiary/aromatic N) is 1. The molecule has 1 aromatic carbocycles. The number of amides is 1. The van der Waals surface area contributed by atoms with Gasteiger partial charge in [-0.3, -0.25) is 13.9 Å². The molecule has 1 rings (SSSR count). The lowest BCUT2D eigenvalue weighted by Crippen LogP contribution is -2.43. The zero-order valence-electron chi connectivity index (χ0n) is 14.6. The van der Waals surface area contributed by atoms with E-state index in [9.17, 15) is 18.0 Å². The Morgan fingerprint density at radius 2 is 1.79 bits per heavy atom. The Morgan fingerprint density at radius 1 is 1.21 bits per heavy atom. The van der Waals surface area contributed by atoms with Gasteiger partial charge in [0.05, 0.1) is 11.9 Å². The van der Waals surface area contributed by atoms with Gasteiger partial charge in [-0.1, -0.05) is 18.2 Å². The number of para-hydroxylation sites is 1. The minimum absolute atomic E-state index is 0.399. The Hall–Kier alpha value is -2.09. The molecule has 0 aliphatic carbocycles. The van der Waals surface area contributed by atoms with E-state index in [1.807, 2.05) is 0 Å². The summed E-state index contributed by atoms with van der Waals surface area (Å²) in [4.78, 5) is 23.6. The van der Waals surface area contributed by atoms with E-state index >= 15 is 0 Å². The van der Waals surface area contributed by atoms with E-state index < -0.39 is 40.6 Å². The molecule has 0 spiro atoms. The smallest absolute Gasteiger partial charge is 0.327 e. The zero-order chi connectivity index (χ0) is 18.5. The molecule has 24 heavy (non-hydrogen) atoms. The summed E-state index contributed by atoms with van der Waals surface area (Å²) in [5, 5.41) is 2.65. The van der Waals surface area contributed by atoms with E-state index in [2.05, 4.69) is 5.32 Å². The fourth-order valence-electron chi connectivity index (χ4n) is 1.99. The maximum absolute atomic E-state index is 12.0. The summed E-state index contributed by atoms with van der Waals surface area (Å²) in [6.45, 7) is 6.20. The highest BCUT2D eigenvalue weighted by molar-refractivity contribution is 7.92. The van der Waals surface area contributed by atoms with Gasteiger partial charge < -0.3 is 10.1 Å². The Balaban J connectivity index is 2.77. The fourth-order valence-corrected chi connectivity index (χ4v) is 2.89. The number of aryl methyl sites for hydroxylation is 1. The van der Waals surface area contributed by atoms with Gasteiger partial charge in [-0.05, 0) is 39.3 Å². The zero-order valence-corrected chi connectivity index (χ0v) is 15.4. The fraction of sp³-hybridized carbons (Fsp3) is 0.500. The van der Waals surface area contributed by atoms with Crippen LogP contribution in [0.3, 0.4) is 0 Å². The van der Waals surface area contributed by atoms with Gasteiger partial charge in [-0.2, -0.15) is 0 Å². The van der Waals surface area contributed by atoms with Crippen LogP contribution in [0.1, 0.15) is 26.3 Å². The second kappa shape index (κ2) is 7.65. The van der Waals surface area contributed by atoms with Crippen LogP contribution in [-0.4, -0.2) is 45.2 Å². The maximum atomic E-state index is 12.0. The number of nitrogens with one attached hydrogen (secondary N) is 1. The molecule has 0 aromatic heterocycles. The third kappa shape index (κ3) is 6.57. The topological polar surface area (TPSA) is 92.8 Å². The van der Waals surface area contributed by atoms with Crippen molar-refractivity contribution in [3.05, 3.63) is 29.8 Å². The number of anilines is 1. The van der Waals surface area contributed by atoms with Crippen LogP contribution in [0.15, 0.2) is 24.3 Å². The molecule has 0 radical (unpaired) electrons. The highest BCUT2D eigenvalue weighted by Gasteiger charge is 2.23. The number of benzene rings is 1. The van der Waals surface area contributed by atoms with E-state index in [4.69, 9.17) is 4.74 Å². The minimum Gasteiger partial charge on any atom is -0.454 e. The molecule has 0 aliphatic rings. The number of ether oxygens (including phenoxy) is 1. The molecule has 134 valence electrons. The lowest BCUT2D eigenvalue weighted by Gasteiger charge is -2.23. The SMILES string of the molecule is Cc1ccccc1N(CC(=O)OCC(=O)NC(C)(C)C)S(C)(=O)=O. The van der Waals surface area contributed by atoms with Gasteiger partial charge in [0.15, 0.2) is 6.61 Å². The standard InChI is InChI=1S/C16H24N2O5S/c1-12-8-6-7-9-13(12)18(24(5,21)22)10-15(20)23-11-14(19)17-16(2,3)4/h6-9H,10-11H2,1-5H3,(H,17,19). The van der Waals surface area contributed by atoms with E-state index in [0.29, 0.717) is 11.3 Å². The van der Waals surface area contributed by atoms with E-state index in [1.54, 1.807) is 52.0 Å². The van der Waals surface area contributed by atoms with E-state index in [-0.39, 0.29) is 0 Å². The highest BCUT2D eigenvalue weighted by Crippen LogP contribution is 2.21. The molecule has 0 atom stereocenters. The first-order valence-corrected chi connectivity index (χ1v) is 9.25. The molecule has 8 heteroatoms. The van der Waals surface area contributed by atoms with Gasteiger partial charge in [-0.25, -0.2) is 8.42 Å². The average Bonchev–Trinajstić information content (AvgIpc) is 2.40. The summed E-state index contributed by atoms with van der Waals surface area (Å²) in [7, 11) is -3.67. The summed E-state index contributed by atoms with van der Waals surface area (Å²) in [6.07, 6.45) is 1.01. The van der Waals surface area contributed by atoms with Crippen LogP contribution >= 0.6 is 0 Å². The molecule has 1 amide bonds. The van der Waals surface area contributed by atoms with E-state index in [0.717, 1.165) is 10.6 Å². The van der Waals surface area contributed by atoms with Crippen molar-refractivity contribution in [1.29, 1.82) is 0 Å². The van der Waals surface area contributed by atoms with Crippen molar-refractivity contribution in [2.45, 2.75) is 33.2 Å². The molecule has 7 nitrogen and oxygen atoms in total. The average molecular weight is 356 g/mol. The summed E-state index contributed by atoms with van der Waals surface area (Å²) in [5.41, 5.74) is 0.668. The van der Waals surface area contributed by atoms with Gasteiger partial charge in [0.25, 0.3) is 5.91 Å². The molecular formula is C16H24N2O5S. The Labute approximate surface area is 143 Å². The first kappa shape index (κ1) is 20.0. The molecule has 1 aromatic rings. The van der Waals surface area contributed by atoms with Crippen LogP contribution in [-0.2, 0) is 24.3 Å². The Bertz CT molecular complexity index is 707. The minimum atomic E-state index is -3.67. The lowest BCUT2D eigenvalue weighted by atomic mass is 10.1. The van der Waals surface area contributed by atoms with Crippen molar-refractivity contribution in [1.82, 2.24) is 5.32 Å². The van der Waals surface area contributed by atoms with Crippen LogP contribution in [0.5, 0.6) is 0 Å². The van der Waals surface area contributed by atoms with Crippen molar-refractivity contribution < 1.29 is 22.7 Å². The van der Waals surface area contributed by atoms with Crippen molar-refractivity contribution in [3.63, 3.8) is 0 Å². The molecule has 0 saturated heterocycles. The van der Waals surface area contributed by atoms with Crippen LogP contribution in [0.25, 0.3) is 0 Å². The number of sulfonamides is 1.